The number of methoxy groups -OCH3 is 1. The fourth-order valence-corrected chi connectivity index (χ4v) is 5.48. The Morgan fingerprint density at radius 2 is 2.04 bits per heavy atom. The van der Waals surface area contributed by atoms with Crippen LogP contribution in [0.25, 0.3) is 0 Å². The maximum atomic E-state index is 5.65. The van der Waals surface area contributed by atoms with Crippen molar-refractivity contribution < 1.29 is 9.47 Å². The van der Waals surface area contributed by atoms with Crippen LogP contribution in [-0.2, 0) is 16.0 Å². The summed E-state index contributed by atoms with van der Waals surface area (Å²) in [6.07, 6.45) is 8.92. The molecule has 1 spiro atoms. The van der Waals surface area contributed by atoms with E-state index in [1.807, 2.05) is 25.6 Å². The first-order valence-corrected chi connectivity index (χ1v) is 10.7. The molecule has 4 rings (SSSR count). The van der Waals surface area contributed by atoms with E-state index in [2.05, 4.69) is 20.9 Å². The Morgan fingerprint density at radius 3 is 2.74 bits per heavy atom. The molecule has 1 aromatic heterocycles. The smallest absolute Gasteiger partial charge is 0.0508 e. The van der Waals surface area contributed by atoms with Crippen LogP contribution in [0.2, 0.25) is 0 Å². The Labute approximate surface area is 164 Å². The summed E-state index contributed by atoms with van der Waals surface area (Å²) in [6.45, 7) is 9.97. The molecule has 0 aliphatic carbocycles. The molecule has 0 radical (unpaired) electrons. The molecule has 5 nitrogen and oxygen atoms in total. The van der Waals surface area contributed by atoms with Gasteiger partial charge in [0, 0.05) is 64.8 Å². The van der Waals surface area contributed by atoms with Gasteiger partial charge in [-0.05, 0) is 61.7 Å². The van der Waals surface area contributed by atoms with Crippen LogP contribution in [-0.4, -0.2) is 74.4 Å². The molecule has 4 heterocycles. The number of pyridine rings is 1. The van der Waals surface area contributed by atoms with Crippen molar-refractivity contribution in [3.05, 3.63) is 30.1 Å². The highest BCUT2D eigenvalue weighted by Gasteiger charge is 2.47. The lowest BCUT2D eigenvalue weighted by Crippen LogP contribution is -2.45. The lowest BCUT2D eigenvalue weighted by Gasteiger charge is -2.42. The van der Waals surface area contributed by atoms with Crippen molar-refractivity contribution in [3.63, 3.8) is 0 Å². The number of hydrogen-bond acceptors (Lipinski definition) is 5. The minimum absolute atomic E-state index is 0.451. The van der Waals surface area contributed by atoms with E-state index in [9.17, 15) is 0 Å². The average molecular weight is 374 g/mol. The molecule has 3 aliphatic heterocycles. The third-order valence-corrected chi connectivity index (χ3v) is 7.09. The SMILES string of the molecule is COC[C@@H]1CN(CC2CCOCC2)CC12CCN(Cc1cccnc1)CC2. The fourth-order valence-electron chi connectivity index (χ4n) is 5.48. The van der Waals surface area contributed by atoms with Gasteiger partial charge in [0.25, 0.3) is 0 Å². The van der Waals surface area contributed by atoms with Crippen LogP contribution in [0.1, 0.15) is 31.2 Å². The number of likely N-dealkylation sites (tertiary alicyclic amines) is 2. The van der Waals surface area contributed by atoms with Gasteiger partial charge < -0.3 is 14.4 Å². The zero-order valence-corrected chi connectivity index (χ0v) is 16.8. The number of hydrogen-bond donors (Lipinski definition) is 0. The van der Waals surface area contributed by atoms with Crippen LogP contribution in [0.5, 0.6) is 0 Å². The van der Waals surface area contributed by atoms with E-state index in [4.69, 9.17) is 9.47 Å². The Bertz CT molecular complexity index is 568. The molecule has 3 fully saturated rings. The summed E-state index contributed by atoms with van der Waals surface area (Å²) in [5.41, 5.74) is 1.78. The summed E-state index contributed by atoms with van der Waals surface area (Å²) in [7, 11) is 1.87. The third-order valence-electron chi connectivity index (χ3n) is 7.09. The van der Waals surface area contributed by atoms with Crippen LogP contribution < -0.4 is 0 Å². The molecular formula is C22H35N3O2. The van der Waals surface area contributed by atoms with Gasteiger partial charge >= 0.3 is 0 Å². The topological polar surface area (TPSA) is 37.8 Å². The van der Waals surface area contributed by atoms with E-state index in [1.54, 1.807) is 0 Å². The van der Waals surface area contributed by atoms with E-state index in [-0.39, 0.29) is 0 Å². The molecule has 5 heteroatoms. The number of ether oxygens (including phenoxy) is 2. The zero-order valence-electron chi connectivity index (χ0n) is 16.8. The summed E-state index contributed by atoms with van der Waals surface area (Å²) >= 11 is 0. The number of piperidine rings is 1. The second-order valence-corrected chi connectivity index (χ2v) is 8.90. The molecule has 0 saturated carbocycles. The molecule has 0 N–H and O–H groups in total. The summed E-state index contributed by atoms with van der Waals surface area (Å²) in [6, 6.07) is 4.23. The highest BCUT2D eigenvalue weighted by molar-refractivity contribution is 5.09. The fraction of sp³-hybridized carbons (Fsp3) is 0.773. The largest absolute Gasteiger partial charge is 0.384 e. The lowest BCUT2D eigenvalue weighted by molar-refractivity contribution is 0.0335. The number of aromatic nitrogens is 1. The van der Waals surface area contributed by atoms with Crippen LogP contribution in [0.4, 0.5) is 0 Å². The third kappa shape index (κ3) is 4.70. The van der Waals surface area contributed by atoms with Crippen molar-refractivity contribution in [1.82, 2.24) is 14.8 Å². The average Bonchev–Trinajstić information content (AvgIpc) is 3.02. The molecular weight excluding hydrogens is 338 g/mol. The predicted molar refractivity (Wildman–Crippen MR) is 107 cm³/mol. The molecule has 3 saturated heterocycles. The van der Waals surface area contributed by atoms with Crippen molar-refractivity contribution in [3.8, 4) is 0 Å². The maximum absolute atomic E-state index is 5.65. The second-order valence-electron chi connectivity index (χ2n) is 8.90. The maximum Gasteiger partial charge on any atom is 0.0508 e. The summed E-state index contributed by atoms with van der Waals surface area (Å²) in [4.78, 5) is 9.62. The van der Waals surface area contributed by atoms with Gasteiger partial charge in [-0.1, -0.05) is 6.07 Å². The summed E-state index contributed by atoms with van der Waals surface area (Å²) in [5.74, 6) is 1.51. The van der Waals surface area contributed by atoms with E-state index < -0.39 is 0 Å². The first-order chi connectivity index (χ1) is 13.3. The van der Waals surface area contributed by atoms with Crippen molar-refractivity contribution in [2.24, 2.45) is 17.3 Å². The highest BCUT2D eigenvalue weighted by Crippen LogP contribution is 2.45. The monoisotopic (exact) mass is 373 g/mol. The molecule has 27 heavy (non-hydrogen) atoms. The first-order valence-electron chi connectivity index (χ1n) is 10.7. The van der Waals surface area contributed by atoms with Crippen molar-refractivity contribution in [1.29, 1.82) is 0 Å². The van der Waals surface area contributed by atoms with Crippen molar-refractivity contribution in [2.45, 2.75) is 32.2 Å². The molecule has 0 unspecified atom stereocenters. The number of nitrogens with zero attached hydrogens (tertiary/aromatic N) is 3. The van der Waals surface area contributed by atoms with Crippen LogP contribution in [0.15, 0.2) is 24.5 Å². The normalized spacial score (nSPS) is 27.4. The molecule has 0 bridgehead atoms. The van der Waals surface area contributed by atoms with Crippen LogP contribution in [0, 0.1) is 17.3 Å². The van der Waals surface area contributed by atoms with Crippen LogP contribution >= 0.6 is 0 Å². The molecule has 0 aromatic carbocycles. The summed E-state index contributed by atoms with van der Waals surface area (Å²) < 4.78 is 11.2. The quantitative estimate of drug-likeness (QED) is 0.766. The highest BCUT2D eigenvalue weighted by atomic mass is 16.5. The Hall–Kier alpha value is -1.01. The van der Waals surface area contributed by atoms with Gasteiger partial charge in [-0.15, -0.1) is 0 Å². The van der Waals surface area contributed by atoms with E-state index in [0.717, 1.165) is 32.3 Å². The minimum atomic E-state index is 0.451. The Kier molecular flexibility index (Phi) is 6.43. The van der Waals surface area contributed by atoms with Gasteiger partial charge in [-0.25, -0.2) is 0 Å². The number of rotatable bonds is 6. The van der Waals surface area contributed by atoms with E-state index in [0.29, 0.717) is 11.3 Å². The Morgan fingerprint density at radius 1 is 1.22 bits per heavy atom. The van der Waals surface area contributed by atoms with Crippen molar-refractivity contribution >= 4 is 0 Å². The molecule has 0 amide bonds. The second kappa shape index (κ2) is 8.99. The standard InChI is InChI=1S/C22H35N3O2/c1-26-17-21-16-25(14-19-4-11-27-12-5-19)18-22(21)6-9-24(10-7-22)15-20-3-2-8-23-13-20/h2-3,8,13,19,21H,4-7,9-12,14-18H2,1H3/t21-/m0/s1. The van der Waals surface area contributed by atoms with E-state index in [1.165, 1.54) is 64.0 Å². The predicted octanol–water partition coefficient (Wildman–Crippen LogP) is 2.67. The van der Waals surface area contributed by atoms with Gasteiger partial charge in [-0.2, -0.15) is 0 Å². The van der Waals surface area contributed by atoms with Gasteiger partial charge in [0.15, 0.2) is 0 Å². The lowest BCUT2D eigenvalue weighted by atomic mass is 9.71. The Balaban J connectivity index is 1.34. The van der Waals surface area contributed by atoms with Gasteiger partial charge in [0.05, 0.1) is 6.61 Å². The first kappa shape index (κ1) is 19.3. The van der Waals surface area contributed by atoms with E-state index >= 15 is 0 Å². The zero-order chi connectivity index (χ0) is 18.5. The molecule has 1 aromatic rings. The van der Waals surface area contributed by atoms with Crippen molar-refractivity contribution in [2.75, 3.05) is 59.7 Å². The van der Waals surface area contributed by atoms with Gasteiger partial charge in [-0.3, -0.25) is 9.88 Å². The molecule has 3 aliphatic rings. The van der Waals surface area contributed by atoms with Gasteiger partial charge in [0.2, 0.25) is 0 Å². The van der Waals surface area contributed by atoms with Crippen LogP contribution in [0.3, 0.4) is 0 Å². The molecule has 1 atom stereocenters. The summed E-state index contributed by atoms with van der Waals surface area (Å²) in [5, 5.41) is 0. The van der Waals surface area contributed by atoms with Gasteiger partial charge in [0.1, 0.15) is 0 Å². The molecule has 150 valence electrons. The minimum Gasteiger partial charge on any atom is -0.384 e.